The normalized spacial score (nSPS) is 32.4. The summed E-state index contributed by atoms with van der Waals surface area (Å²) < 4.78 is 0. The Hall–Kier alpha value is -0.300. The van der Waals surface area contributed by atoms with E-state index in [1.165, 1.54) is 44.1 Å². The van der Waals surface area contributed by atoms with Crippen LogP contribution in [0.4, 0.5) is 0 Å². The van der Waals surface area contributed by atoms with Gasteiger partial charge in [0.25, 0.3) is 0 Å². The van der Waals surface area contributed by atoms with E-state index in [0.29, 0.717) is 11.3 Å². The van der Waals surface area contributed by atoms with Crippen molar-refractivity contribution >= 4 is 0 Å². The molecule has 0 aliphatic heterocycles. The van der Waals surface area contributed by atoms with Crippen LogP contribution in [0.15, 0.2) is 11.6 Å². The van der Waals surface area contributed by atoms with Gasteiger partial charge in [0.2, 0.25) is 0 Å². The first-order chi connectivity index (χ1) is 7.98. The molecule has 1 heteroatoms. The molecule has 0 bridgehead atoms. The van der Waals surface area contributed by atoms with Crippen molar-refractivity contribution in [3.8, 4) is 0 Å². The maximum Gasteiger partial charge on any atom is 0.0778 e. The molecule has 0 saturated heterocycles. The largest absolute Gasteiger partial charge is 0.388 e. The van der Waals surface area contributed by atoms with Crippen LogP contribution in [0.1, 0.15) is 65.7 Å². The molecule has 0 amide bonds. The molecule has 0 aromatic rings. The second-order valence-corrected chi connectivity index (χ2v) is 7.09. The molecule has 1 N–H and O–H groups in total. The van der Waals surface area contributed by atoms with Crippen LogP contribution in [-0.4, -0.2) is 11.2 Å². The molecule has 0 heterocycles. The van der Waals surface area contributed by atoms with E-state index >= 15 is 0 Å². The van der Waals surface area contributed by atoms with Gasteiger partial charge in [-0.05, 0) is 67.8 Å². The van der Waals surface area contributed by atoms with Gasteiger partial charge in [0.05, 0.1) is 6.10 Å². The van der Waals surface area contributed by atoms with Crippen LogP contribution in [0, 0.1) is 17.3 Å². The lowest BCUT2D eigenvalue weighted by Gasteiger charge is -2.38. The van der Waals surface area contributed by atoms with Crippen molar-refractivity contribution < 1.29 is 5.11 Å². The first kappa shape index (κ1) is 13.1. The highest BCUT2D eigenvalue weighted by Gasteiger charge is 2.33. The Morgan fingerprint density at radius 1 is 1.18 bits per heavy atom. The zero-order valence-corrected chi connectivity index (χ0v) is 11.7. The van der Waals surface area contributed by atoms with Crippen molar-refractivity contribution in [2.75, 3.05) is 0 Å². The van der Waals surface area contributed by atoms with Gasteiger partial charge in [0, 0.05) is 0 Å². The van der Waals surface area contributed by atoms with E-state index in [0.717, 1.165) is 12.3 Å². The molecule has 1 nitrogen and oxygen atoms in total. The quantitative estimate of drug-likeness (QED) is 0.708. The van der Waals surface area contributed by atoms with E-state index < -0.39 is 0 Å². The van der Waals surface area contributed by atoms with Crippen LogP contribution >= 0.6 is 0 Å². The summed E-state index contributed by atoms with van der Waals surface area (Å²) in [5, 5.41) is 10.4. The van der Waals surface area contributed by atoms with Gasteiger partial charge in [-0.1, -0.05) is 26.8 Å². The summed E-state index contributed by atoms with van der Waals surface area (Å²) in [5.74, 6) is 1.39. The fourth-order valence-electron chi connectivity index (χ4n) is 3.57. The number of allylic oxidation sites excluding steroid dienone is 1. The summed E-state index contributed by atoms with van der Waals surface area (Å²) in [6.07, 6.45) is 10.8. The molecule has 1 saturated carbocycles. The van der Waals surface area contributed by atoms with Gasteiger partial charge in [-0.15, -0.1) is 0 Å². The number of hydrogen-bond donors (Lipinski definition) is 1. The average Bonchev–Trinajstić information content (AvgIpc) is 2.80. The minimum absolute atomic E-state index is 0.126. The minimum Gasteiger partial charge on any atom is -0.388 e. The molecule has 0 aromatic carbocycles. The maximum atomic E-state index is 10.4. The van der Waals surface area contributed by atoms with Crippen LogP contribution in [-0.2, 0) is 0 Å². The Balaban J connectivity index is 1.86. The number of rotatable bonds is 2. The Bertz CT molecular complexity index is 276. The van der Waals surface area contributed by atoms with Crippen LogP contribution in [0.2, 0.25) is 0 Å². The summed E-state index contributed by atoms with van der Waals surface area (Å²) in [7, 11) is 0. The van der Waals surface area contributed by atoms with Gasteiger partial charge in [-0.3, -0.25) is 0 Å². The van der Waals surface area contributed by atoms with E-state index in [2.05, 4.69) is 26.8 Å². The van der Waals surface area contributed by atoms with E-state index in [-0.39, 0.29) is 6.10 Å². The molecule has 1 atom stereocenters. The van der Waals surface area contributed by atoms with Crippen LogP contribution in [0.5, 0.6) is 0 Å². The second-order valence-electron chi connectivity index (χ2n) is 7.09. The maximum absolute atomic E-state index is 10.4. The molecule has 1 unspecified atom stereocenters. The average molecular weight is 236 g/mol. The van der Waals surface area contributed by atoms with Crippen molar-refractivity contribution in [3.63, 3.8) is 0 Å². The predicted molar refractivity (Wildman–Crippen MR) is 72.8 cm³/mol. The number of aliphatic hydroxyl groups excluding tert-OH is 1. The van der Waals surface area contributed by atoms with Crippen molar-refractivity contribution in [2.24, 2.45) is 17.3 Å². The minimum atomic E-state index is -0.126. The first-order valence-electron chi connectivity index (χ1n) is 7.35. The molecule has 0 aromatic heterocycles. The van der Waals surface area contributed by atoms with E-state index in [1.807, 2.05) is 0 Å². The molecule has 98 valence electrons. The monoisotopic (exact) mass is 236 g/mol. The smallest absolute Gasteiger partial charge is 0.0778 e. The lowest BCUT2D eigenvalue weighted by molar-refractivity contribution is 0.0728. The van der Waals surface area contributed by atoms with Gasteiger partial charge < -0.3 is 5.11 Å². The summed E-state index contributed by atoms with van der Waals surface area (Å²) in [5.41, 5.74) is 1.78. The van der Waals surface area contributed by atoms with Gasteiger partial charge in [0.1, 0.15) is 0 Å². The molecular formula is C16H28O. The Kier molecular flexibility index (Phi) is 3.97. The lowest BCUT2D eigenvalue weighted by atomic mass is 9.68. The highest BCUT2D eigenvalue weighted by molar-refractivity contribution is 5.14. The van der Waals surface area contributed by atoms with Crippen molar-refractivity contribution in [2.45, 2.75) is 71.8 Å². The van der Waals surface area contributed by atoms with Crippen LogP contribution in [0.25, 0.3) is 0 Å². The topological polar surface area (TPSA) is 20.2 Å². The van der Waals surface area contributed by atoms with Crippen molar-refractivity contribution in [1.29, 1.82) is 0 Å². The number of hydrogen-bond acceptors (Lipinski definition) is 1. The third-order valence-electron chi connectivity index (χ3n) is 4.90. The van der Waals surface area contributed by atoms with E-state index in [1.54, 1.807) is 0 Å². The molecule has 0 spiro atoms. The zero-order valence-electron chi connectivity index (χ0n) is 11.7. The van der Waals surface area contributed by atoms with Gasteiger partial charge in [0.15, 0.2) is 0 Å². The molecular weight excluding hydrogens is 208 g/mol. The highest BCUT2D eigenvalue weighted by atomic mass is 16.3. The first-order valence-corrected chi connectivity index (χ1v) is 7.35. The summed E-state index contributed by atoms with van der Waals surface area (Å²) >= 11 is 0. The Morgan fingerprint density at radius 2 is 1.82 bits per heavy atom. The highest BCUT2D eigenvalue weighted by Crippen LogP contribution is 2.42. The van der Waals surface area contributed by atoms with E-state index in [4.69, 9.17) is 0 Å². The summed E-state index contributed by atoms with van der Waals surface area (Å²) in [6.45, 7) is 7.07. The van der Waals surface area contributed by atoms with Crippen LogP contribution in [0.3, 0.4) is 0 Å². The SMILES string of the molecule is CC(C)(C)C1CCC(C(O)C2=CCCC2)CC1. The van der Waals surface area contributed by atoms with E-state index in [9.17, 15) is 5.11 Å². The van der Waals surface area contributed by atoms with Crippen molar-refractivity contribution in [3.05, 3.63) is 11.6 Å². The molecule has 2 aliphatic carbocycles. The van der Waals surface area contributed by atoms with Gasteiger partial charge >= 0.3 is 0 Å². The third-order valence-corrected chi connectivity index (χ3v) is 4.90. The fraction of sp³-hybridized carbons (Fsp3) is 0.875. The molecule has 0 radical (unpaired) electrons. The summed E-state index contributed by atoms with van der Waals surface area (Å²) in [6, 6.07) is 0. The second kappa shape index (κ2) is 5.14. The standard InChI is InChI=1S/C16H28O/c1-16(2,3)14-10-8-13(9-11-14)15(17)12-6-4-5-7-12/h6,13-15,17H,4-5,7-11H2,1-3H3. The molecule has 2 rings (SSSR count). The van der Waals surface area contributed by atoms with Crippen molar-refractivity contribution in [1.82, 2.24) is 0 Å². The Morgan fingerprint density at radius 3 is 2.29 bits per heavy atom. The molecule has 2 aliphatic rings. The molecule has 1 fully saturated rings. The summed E-state index contributed by atoms with van der Waals surface area (Å²) in [4.78, 5) is 0. The van der Waals surface area contributed by atoms with Gasteiger partial charge in [-0.25, -0.2) is 0 Å². The lowest BCUT2D eigenvalue weighted by Crippen LogP contribution is -2.31. The van der Waals surface area contributed by atoms with Gasteiger partial charge in [-0.2, -0.15) is 0 Å². The fourth-order valence-corrected chi connectivity index (χ4v) is 3.57. The predicted octanol–water partition coefficient (Wildman–Crippen LogP) is 4.31. The molecule has 17 heavy (non-hydrogen) atoms. The van der Waals surface area contributed by atoms with Crippen LogP contribution < -0.4 is 0 Å². The third kappa shape index (κ3) is 3.13. The Labute approximate surface area is 106 Å². The zero-order chi connectivity index (χ0) is 12.5. The number of aliphatic hydroxyl groups is 1.